The average molecular weight is 274 g/mol. The molecule has 4 heteroatoms. The minimum atomic E-state index is 0.724. The highest BCUT2D eigenvalue weighted by Gasteiger charge is 1.99. The normalized spacial score (nSPS) is 11.4. The molecule has 0 heterocycles. The van der Waals surface area contributed by atoms with Gasteiger partial charge in [-0.25, -0.2) is 0 Å². The van der Waals surface area contributed by atoms with E-state index in [0.29, 0.717) is 0 Å². The third-order valence-electron chi connectivity index (χ3n) is 2.83. The molecule has 0 radical (unpaired) electrons. The summed E-state index contributed by atoms with van der Waals surface area (Å²) < 4.78 is 0. The minimum absolute atomic E-state index is 0.724. The van der Waals surface area contributed by atoms with Crippen LogP contribution < -0.4 is 11.2 Å². The fraction of sp³-hybridized carbons (Fsp3) is 0.133. The first-order valence-corrected chi connectivity index (χ1v) is 6.36. The number of hydrazone groups is 1. The van der Waals surface area contributed by atoms with Gasteiger partial charge in [-0.2, -0.15) is 5.10 Å². The molecule has 0 fully saturated rings. The largest absolute Gasteiger partial charge is 0.399 e. The van der Waals surface area contributed by atoms with Crippen LogP contribution in [0.3, 0.4) is 0 Å². The van der Waals surface area contributed by atoms with E-state index in [1.165, 1.54) is 0 Å². The number of rotatable bonds is 3. The third-order valence-corrected chi connectivity index (χ3v) is 3.24. The summed E-state index contributed by atoms with van der Waals surface area (Å²) in [6.45, 7) is 3.89. The molecule has 0 aliphatic heterocycles. The zero-order chi connectivity index (χ0) is 13.8. The molecule has 0 aliphatic rings. The van der Waals surface area contributed by atoms with Gasteiger partial charge in [0.25, 0.3) is 0 Å². The summed E-state index contributed by atoms with van der Waals surface area (Å²) in [7, 11) is 0. The van der Waals surface area contributed by atoms with Crippen LogP contribution in [0.15, 0.2) is 47.6 Å². The molecule has 98 valence electrons. The Morgan fingerprint density at radius 3 is 2.68 bits per heavy atom. The Kier molecular flexibility index (Phi) is 4.07. The molecule has 0 saturated heterocycles. The molecule has 0 unspecified atom stereocenters. The molecule has 3 nitrogen and oxygen atoms in total. The van der Waals surface area contributed by atoms with Crippen molar-refractivity contribution in [3.63, 3.8) is 0 Å². The van der Waals surface area contributed by atoms with E-state index in [1.807, 2.05) is 56.3 Å². The zero-order valence-corrected chi connectivity index (χ0v) is 11.7. The second-order valence-electron chi connectivity index (χ2n) is 4.40. The predicted molar refractivity (Wildman–Crippen MR) is 82.9 cm³/mol. The van der Waals surface area contributed by atoms with E-state index >= 15 is 0 Å². The number of benzene rings is 2. The topological polar surface area (TPSA) is 50.4 Å². The van der Waals surface area contributed by atoms with Gasteiger partial charge in [-0.15, -0.1) is 0 Å². The molecule has 0 amide bonds. The fourth-order valence-corrected chi connectivity index (χ4v) is 1.82. The van der Waals surface area contributed by atoms with Crippen molar-refractivity contribution in [2.24, 2.45) is 5.10 Å². The van der Waals surface area contributed by atoms with Gasteiger partial charge < -0.3 is 5.73 Å². The number of hydrogen-bond acceptors (Lipinski definition) is 3. The number of nitrogens with two attached hydrogens (primary N) is 1. The van der Waals surface area contributed by atoms with E-state index in [0.717, 1.165) is 33.2 Å². The van der Waals surface area contributed by atoms with Gasteiger partial charge >= 0.3 is 0 Å². The smallest absolute Gasteiger partial charge is 0.0649 e. The van der Waals surface area contributed by atoms with Crippen LogP contribution in [0, 0.1) is 6.92 Å². The van der Waals surface area contributed by atoms with Crippen LogP contribution in [-0.4, -0.2) is 5.71 Å². The third kappa shape index (κ3) is 3.48. The van der Waals surface area contributed by atoms with Gasteiger partial charge in [0.1, 0.15) is 0 Å². The Bertz CT molecular complexity index is 621. The van der Waals surface area contributed by atoms with Crippen molar-refractivity contribution >= 4 is 28.7 Å². The fourth-order valence-electron chi connectivity index (χ4n) is 1.64. The average Bonchev–Trinajstić information content (AvgIpc) is 2.40. The van der Waals surface area contributed by atoms with Crippen molar-refractivity contribution in [1.29, 1.82) is 0 Å². The van der Waals surface area contributed by atoms with E-state index in [1.54, 1.807) is 0 Å². The minimum Gasteiger partial charge on any atom is -0.399 e. The Labute approximate surface area is 118 Å². The molecule has 19 heavy (non-hydrogen) atoms. The van der Waals surface area contributed by atoms with Crippen molar-refractivity contribution in [2.75, 3.05) is 11.2 Å². The quantitative estimate of drug-likeness (QED) is 0.503. The number of halogens is 1. The molecule has 0 spiro atoms. The van der Waals surface area contributed by atoms with Gasteiger partial charge in [0.2, 0.25) is 0 Å². The van der Waals surface area contributed by atoms with Gasteiger partial charge in [0, 0.05) is 10.7 Å². The highest BCUT2D eigenvalue weighted by Crippen LogP contribution is 2.20. The standard InChI is InChI=1S/C15H16ClN3/c1-10-6-7-14(9-15(10)16)19-18-11(2)12-4-3-5-13(17)8-12/h3-9,19H,17H2,1-2H3/b18-11+. The van der Waals surface area contributed by atoms with E-state index in [9.17, 15) is 0 Å². The number of hydrogen-bond donors (Lipinski definition) is 2. The molecule has 0 saturated carbocycles. The first-order valence-electron chi connectivity index (χ1n) is 5.98. The summed E-state index contributed by atoms with van der Waals surface area (Å²) in [5.74, 6) is 0. The lowest BCUT2D eigenvalue weighted by Crippen LogP contribution is -2.00. The molecule has 2 aromatic rings. The molecule has 2 aromatic carbocycles. The maximum absolute atomic E-state index is 6.06. The van der Waals surface area contributed by atoms with Crippen molar-refractivity contribution in [2.45, 2.75) is 13.8 Å². The summed E-state index contributed by atoms with van der Waals surface area (Å²) in [6.07, 6.45) is 0. The molecular formula is C15H16ClN3. The van der Waals surface area contributed by atoms with Gasteiger partial charge in [-0.3, -0.25) is 5.43 Å². The maximum Gasteiger partial charge on any atom is 0.0649 e. The molecule has 0 bridgehead atoms. The SMILES string of the molecule is C/C(=N\Nc1ccc(C)c(Cl)c1)c1cccc(N)c1. The van der Waals surface area contributed by atoms with Crippen molar-refractivity contribution < 1.29 is 0 Å². The molecule has 2 rings (SSSR count). The first-order chi connectivity index (χ1) is 9.06. The van der Waals surface area contributed by atoms with Gasteiger partial charge in [-0.1, -0.05) is 29.8 Å². The first kappa shape index (κ1) is 13.4. The second-order valence-corrected chi connectivity index (χ2v) is 4.81. The maximum atomic E-state index is 6.06. The zero-order valence-electron chi connectivity index (χ0n) is 10.9. The molecular weight excluding hydrogens is 258 g/mol. The Balaban J connectivity index is 2.15. The highest BCUT2D eigenvalue weighted by atomic mass is 35.5. The summed E-state index contributed by atoms with van der Waals surface area (Å²) >= 11 is 6.06. The number of nitrogens with zero attached hydrogens (tertiary/aromatic N) is 1. The molecule has 0 aromatic heterocycles. The lowest BCUT2D eigenvalue weighted by Gasteiger charge is -2.06. The lowest BCUT2D eigenvalue weighted by atomic mass is 10.1. The van der Waals surface area contributed by atoms with E-state index in [2.05, 4.69) is 10.5 Å². The summed E-state index contributed by atoms with van der Waals surface area (Å²) in [5, 5.41) is 5.05. The summed E-state index contributed by atoms with van der Waals surface area (Å²) in [5.41, 5.74) is 13.2. The van der Waals surface area contributed by atoms with Crippen molar-refractivity contribution in [3.05, 3.63) is 58.6 Å². The van der Waals surface area contributed by atoms with Gasteiger partial charge in [0.15, 0.2) is 0 Å². The molecule has 0 aliphatic carbocycles. The summed E-state index contributed by atoms with van der Waals surface area (Å²) in [6, 6.07) is 13.4. The van der Waals surface area contributed by atoms with Crippen LogP contribution in [0.1, 0.15) is 18.1 Å². The number of anilines is 2. The van der Waals surface area contributed by atoms with Crippen LogP contribution >= 0.6 is 11.6 Å². The van der Waals surface area contributed by atoms with Gasteiger partial charge in [0.05, 0.1) is 11.4 Å². The highest BCUT2D eigenvalue weighted by molar-refractivity contribution is 6.31. The van der Waals surface area contributed by atoms with E-state index in [-0.39, 0.29) is 0 Å². The number of nitrogen functional groups attached to an aromatic ring is 1. The Hall–Kier alpha value is -2.00. The van der Waals surface area contributed by atoms with Crippen LogP contribution in [0.4, 0.5) is 11.4 Å². The van der Waals surface area contributed by atoms with E-state index < -0.39 is 0 Å². The van der Waals surface area contributed by atoms with Crippen molar-refractivity contribution in [1.82, 2.24) is 0 Å². The van der Waals surface area contributed by atoms with E-state index in [4.69, 9.17) is 17.3 Å². The Morgan fingerprint density at radius 1 is 1.21 bits per heavy atom. The van der Waals surface area contributed by atoms with Crippen molar-refractivity contribution in [3.8, 4) is 0 Å². The number of aryl methyl sites for hydroxylation is 1. The van der Waals surface area contributed by atoms with Crippen LogP contribution in [-0.2, 0) is 0 Å². The molecule has 3 N–H and O–H groups in total. The van der Waals surface area contributed by atoms with Crippen LogP contribution in [0.2, 0.25) is 5.02 Å². The molecule has 0 atom stereocenters. The van der Waals surface area contributed by atoms with Crippen LogP contribution in [0.25, 0.3) is 0 Å². The van der Waals surface area contributed by atoms with Crippen LogP contribution in [0.5, 0.6) is 0 Å². The van der Waals surface area contributed by atoms with Gasteiger partial charge in [-0.05, 0) is 49.2 Å². The predicted octanol–water partition coefficient (Wildman–Crippen LogP) is 4.07. The lowest BCUT2D eigenvalue weighted by molar-refractivity contribution is 1.31. The number of nitrogens with one attached hydrogen (secondary N) is 1. The summed E-state index contributed by atoms with van der Waals surface area (Å²) in [4.78, 5) is 0. The Morgan fingerprint density at radius 2 is 2.00 bits per heavy atom. The second kappa shape index (κ2) is 5.76. The monoisotopic (exact) mass is 273 g/mol.